The van der Waals surface area contributed by atoms with Crippen molar-refractivity contribution in [1.82, 2.24) is 19.7 Å². The molecular formula is C29H31B2FN4O3. The number of amides is 1. The lowest BCUT2D eigenvalue weighted by atomic mass is 9.59. The number of fused-ring (bicyclic) bond motifs is 2. The Hall–Kier alpha value is -3.81. The van der Waals surface area contributed by atoms with Crippen LogP contribution in [0.5, 0.6) is 11.5 Å². The minimum absolute atomic E-state index is 0.0677. The summed E-state index contributed by atoms with van der Waals surface area (Å²) in [6.45, 7) is 4.59. The molecule has 1 aliphatic carbocycles. The number of aryl methyl sites for hydroxylation is 1. The van der Waals surface area contributed by atoms with E-state index in [-0.39, 0.29) is 24.5 Å². The summed E-state index contributed by atoms with van der Waals surface area (Å²) < 4.78 is 30.1. The Balaban J connectivity index is 1.42. The van der Waals surface area contributed by atoms with E-state index in [0.29, 0.717) is 34.7 Å². The van der Waals surface area contributed by atoms with E-state index in [4.69, 9.17) is 9.47 Å². The third-order valence-corrected chi connectivity index (χ3v) is 7.46. The van der Waals surface area contributed by atoms with Crippen LogP contribution in [0.25, 0.3) is 22.0 Å². The van der Waals surface area contributed by atoms with Gasteiger partial charge in [0.2, 0.25) is 0 Å². The van der Waals surface area contributed by atoms with E-state index in [1.807, 2.05) is 61.0 Å². The first-order valence-electron chi connectivity index (χ1n) is 13.5. The van der Waals surface area contributed by atoms with Crippen molar-refractivity contribution < 1.29 is 18.7 Å². The number of rotatable bonds is 8. The van der Waals surface area contributed by atoms with E-state index in [2.05, 4.69) is 10.1 Å². The molecule has 2 aliphatic rings. The fraction of sp³-hybridized carbons (Fsp3) is 0.345. The van der Waals surface area contributed by atoms with Crippen molar-refractivity contribution in [3.05, 3.63) is 71.4 Å². The van der Waals surface area contributed by atoms with E-state index in [1.54, 1.807) is 27.9 Å². The quantitative estimate of drug-likeness (QED) is 0.331. The maximum atomic E-state index is 16.1. The number of carbonyl (C=O) groups is 1. The summed E-state index contributed by atoms with van der Waals surface area (Å²) in [6.07, 6.45) is 5.96. The Morgan fingerprint density at radius 3 is 2.67 bits per heavy atom. The van der Waals surface area contributed by atoms with E-state index in [1.165, 1.54) is 6.07 Å². The van der Waals surface area contributed by atoms with Crippen molar-refractivity contribution in [2.45, 2.75) is 44.7 Å². The average Bonchev–Trinajstić information content (AvgIpc) is 3.59. The number of halogens is 1. The number of ether oxygens (including phenoxy) is 2. The molecule has 4 aromatic rings. The van der Waals surface area contributed by atoms with E-state index in [0.717, 1.165) is 35.1 Å². The highest BCUT2D eigenvalue weighted by Gasteiger charge is 2.44. The molecule has 39 heavy (non-hydrogen) atoms. The molecule has 10 heteroatoms. The van der Waals surface area contributed by atoms with Crippen molar-refractivity contribution in [3.63, 3.8) is 0 Å². The van der Waals surface area contributed by atoms with Crippen LogP contribution in [0.2, 0.25) is 0 Å². The summed E-state index contributed by atoms with van der Waals surface area (Å²) in [5.74, 6) is 0.834. The van der Waals surface area contributed by atoms with Gasteiger partial charge in [0.25, 0.3) is 5.91 Å². The molecule has 0 saturated heterocycles. The largest absolute Gasteiger partial charge is 0.493 e. The topological polar surface area (TPSA) is 69.5 Å². The zero-order valence-corrected chi connectivity index (χ0v) is 23.0. The SMILES string of the molecule is BC1(B)c2ncccc2C(=O)N1Cc1c(F)cc(-c2ccc(OC3CC3)c3nn(C)cc23)cc1OCC(C)C. The highest BCUT2D eigenvalue weighted by atomic mass is 19.1. The molecule has 3 heterocycles. The van der Waals surface area contributed by atoms with Crippen LogP contribution in [-0.2, 0) is 18.9 Å². The third kappa shape index (κ3) is 4.56. The van der Waals surface area contributed by atoms with Gasteiger partial charge in [-0.3, -0.25) is 14.5 Å². The Bertz CT molecular complexity index is 1600. The summed E-state index contributed by atoms with van der Waals surface area (Å²) in [5.41, 5.74) is 3.88. The third-order valence-electron chi connectivity index (χ3n) is 7.46. The highest BCUT2D eigenvalue weighted by molar-refractivity contribution is 6.42. The van der Waals surface area contributed by atoms with Crippen LogP contribution in [0.3, 0.4) is 0 Å². The smallest absolute Gasteiger partial charge is 0.255 e. The Morgan fingerprint density at radius 1 is 1.15 bits per heavy atom. The summed E-state index contributed by atoms with van der Waals surface area (Å²) >= 11 is 0. The van der Waals surface area contributed by atoms with Gasteiger partial charge in [0, 0.05) is 35.7 Å². The summed E-state index contributed by atoms with van der Waals surface area (Å²) in [4.78, 5) is 19.5. The van der Waals surface area contributed by atoms with Crippen LogP contribution in [0.15, 0.2) is 48.8 Å². The molecule has 2 aromatic heterocycles. The van der Waals surface area contributed by atoms with Crippen molar-refractivity contribution >= 4 is 32.5 Å². The maximum absolute atomic E-state index is 16.1. The van der Waals surface area contributed by atoms with Gasteiger partial charge in [-0.15, -0.1) is 0 Å². The molecule has 0 N–H and O–H groups in total. The lowest BCUT2D eigenvalue weighted by Gasteiger charge is -2.33. The van der Waals surface area contributed by atoms with Gasteiger partial charge in [0.15, 0.2) is 0 Å². The molecule has 0 radical (unpaired) electrons. The number of benzene rings is 2. The molecule has 198 valence electrons. The monoisotopic (exact) mass is 524 g/mol. The van der Waals surface area contributed by atoms with Gasteiger partial charge in [0.1, 0.15) is 38.5 Å². The normalized spacial score (nSPS) is 16.2. The second-order valence-corrected chi connectivity index (χ2v) is 11.5. The number of hydrogen-bond acceptors (Lipinski definition) is 5. The first-order chi connectivity index (χ1) is 18.6. The van der Waals surface area contributed by atoms with E-state index >= 15 is 4.39 Å². The minimum atomic E-state index is -0.687. The van der Waals surface area contributed by atoms with Gasteiger partial charge in [-0.05, 0) is 66.3 Å². The van der Waals surface area contributed by atoms with Crippen molar-refractivity contribution in [1.29, 1.82) is 0 Å². The molecule has 2 aromatic carbocycles. The second kappa shape index (κ2) is 9.43. The number of hydrogen-bond donors (Lipinski definition) is 0. The van der Waals surface area contributed by atoms with Crippen molar-refractivity contribution in [2.75, 3.05) is 6.61 Å². The maximum Gasteiger partial charge on any atom is 0.255 e. The van der Waals surface area contributed by atoms with Crippen LogP contribution in [0, 0.1) is 11.7 Å². The number of aromatic nitrogens is 3. The van der Waals surface area contributed by atoms with Crippen LogP contribution >= 0.6 is 0 Å². The number of carbonyl (C=O) groups excluding carboxylic acids is 1. The standard InChI is InChI=1S/C29H31B2FN4O3/c1-16(2)15-38-25-12-17(19-8-9-24(39-18-6-7-18)26-21(19)13-35(3)34-26)11-23(32)22(25)14-36-28(37)20-5-4-10-33-27(20)29(36,30)31/h4-5,8-13,16,18H,6-7,14-15,30-31H2,1-3H3. The molecule has 1 aliphatic heterocycles. The second-order valence-electron chi connectivity index (χ2n) is 11.5. The Kier molecular flexibility index (Phi) is 6.16. The van der Waals surface area contributed by atoms with E-state index < -0.39 is 11.2 Å². The van der Waals surface area contributed by atoms with Gasteiger partial charge in [0.05, 0.1) is 30.5 Å². The molecular weight excluding hydrogens is 493 g/mol. The van der Waals surface area contributed by atoms with Crippen molar-refractivity contribution in [3.8, 4) is 22.6 Å². The van der Waals surface area contributed by atoms with Gasteiger partial charge < -0.3 is 14.4 Å². The predicted molar refractivity (Wildman–Crippen MR) is 153 cm³/mol. The molecule has 0 unspecified atom stereocenters. The van der Waals surface area contributed by atoms with E-state index in [9.17, 15) is 4.79 Å². The van der Waals surface area contributed by atoms with Gasteiger partial charge in [-0.2, -0.15) is 5.10 Å². The molecule has 0 bridgehead atoms. The number of nitrogens with zero attached hydrogens (tertiary/aromatic N) is 4. The Labute approximate surface area is 229 Å². The first-order valence-corrected chi connectivity index (χ1v) is 13.5. The summed E-state index contributed by atoms with van der Waals surface area (Å²) in [7, 11) is 5.75. The van der Waals surface area contributed by atoms with Crippen LogP contribution in [-0.4, -0.2) is 54.0 Å². The average molecular weight is 524 g/mol. The zero-order chi connectivity index (χ0) is 27.5. The fourth-order valence-electron chi connectivity index (χ4n) is 5.23. The molecule has 1 amide bonds. The molecule has 0 spiro atoms. The fourth-order valence-corrected chi connectivity index (χ4v) is 5.23. The molecule has 6 rings (SSSR count). The first kappa shape index (κ1) is 25.5. The lowest BCUT2D eigenvalue weighted by molar-refractivity contribution is 0.0727. The molecule has 7 nitrogen and oxygen atoms in total. The van der Waals surface area contributed by atoms with Gasteiger partial charge in [-0.1, -0.05) is 13.8 Å². The van der Waals surface area contributed by atoms with Gasteiger partial charge in [-0.25, -0.2) is 4.39 Å². The molecule has 0 atom stereocenters. The molecule has 1 fully saturated rings. The Morgan fingerprint density at radius 2 is 1.95 bits per heavy atom. The minimum Gasteiger partial charge on any atom is -0.493 e. The van der Waals surface area contributed by atoms with Crippen LogP contribution in [0.4, 0.5) is 4.39 Å². The van der Waals surface area contributed by atoms with Crippen LogP contribution in [0.1, 0.15) is 48.3 Å². The lowest BCUT2D eigenvalue weighted by Crippen LogP contribution is -2.45. The zero-order valence-electron chi connectivity index (χ0n) is 23.0. The number of pyridine rings is 1. The predicted octanol–water partition coefficient (Wildman–Crippen LogP) is 3.38. The summed E-state index contributed by atoms with van der Waals surface area (Å²) in [6, 6.07) is 10.8. The van der Waals surface area contributed by atoms with Crippen molar-refractivity contribution in [2.24, 2.45) is 13.0 Å². The van der Waals surface area contributed by atoms with Gasteiger partial charge >= 0.3 is 0 Å². The molecule has 1 saturated carbocycles. The highest BCUT2D eigenvalue weighted by Crippen LogP contribution is 2.41. The van der Waals surface area contributed by atoms with Crippen LogP contribution < -0.4 is 9.47 Å². The summed E-state index contributed by atoms with van der Waals surface area (Å²) in [5, 5.41) is 4.83.